The molecular weight excluding hydrogens is 407 g/mol. The Morgan fingerprint density at radius 1 is 1.00 bits per heavy atom. The van der Waals surface area contributed by atoms with Crippen LogP contribution in [0.25, 0.3) is 0 Å². The van der Waals surface area contributed by atoms with Crippen molar-refractivity contribution in [2.75, 3.05) is 16.2 Å². The highest BCUT2D eigenvalue weighted by molar-refractivity contribution is 7.92. The molecule has 3 aromatic carbocycles. The van der Waals surface area contributed by atoms with Gasteiger partial charge in [0.15, 0.2) is 6.10 Å². The van der Waals surface area contributed by atoms with Crippen molar-refractivity contribution in [3.8, 4) is 5.75 Å². The number of anilines is 2. The topological polar surface area (TPSA) is 75.7 Å². The van der Waals surface area contributed by atoms with Crippen LogP contribution in [-0.2, 0) is 20.6 Å². The number of ether oxygens (including phenoxy) is 1. The van der Waals surface area contributed by atoms with Crippen LogP contribution in [-0.4, -0.2) is 27.0 Å². The zero-order chi connectivity index (χ0) is 21.1. The number of nitrogens with one attached hydrogen (secondary N) is 1. The van der Waals surface area contributed by atoms with Gasteiger partial charge in [-0.1, -0.05) is 54.6 Å². The molecule has 1 atom stereocenters. The largest absolute Gasteiger partial charge is 0.476 e. The highest BCUT2D eigenvalue weighted by Gasteiger charge is 2.36. The number of halogens is 1. The Labute approximate surface area is 174 Å². The van der Waals surface area contributed by atoms with E-state index in [4.69, 9.17) is 4.74 Å². The van der Waals surface area contributed by atoms with E-state index in [-0.39, 0.29) is 23.7 Å². The van der Waals surface area contributed by atoms with E-state index in [0.717, 1.165) is 0 Å². The van der Waals surface area contributed by atoms with E-state index in [1.54, 1.807) is 54.6 Å². The molecule has 154 valence electrons. The molecule has 3 aromatic rings. The molecule has 1 heterocycles. The van der Waals surface area contributed by atoms with Gasteiger partial charge in [0, 0.05) is 0 Å². The molecule has 1 aliphatic rings. The number of carbonyl (C=O) groups excluding carboxylic acids is 1. The molecule has 8 heteroatoms. The fourth-order valence-corrected chi connectivity index (χ4v) is 4.82. The first kappa shape index (κ1) is 19.9. The van der Waals surface area contributed by atoms with Crippen molar-refractivity contribution in [3.63, 3.8) is 0 Å². The lowest BCUT2D eigenvalue weighted by molar-refractivity contribution is -0.122. The van der Waals surface area contributed by atoms with E-state index in [9.17, 15) is 17.6 Å². The molecule has 6 nitrogen and oxygen atoms in total. The molecule has 30 heavy (non-hydrogen) atoms. The third kappa shape index (κ3) is 4.13. The summed E-state index contributed by atoms with van der Waals surface area (Å²) in [6, 6.07) is 21.2. The molecule has 1 unspecified atom stereocenters. The van der Waals surface area contributed by atoms with Gasteiger partial charge >= 0.3 is 0 Å². The van der Waals surface area contributed by atoms with Crippen LogP contribution < -0.4 is 14.4 Å². The number of sulfonamides is 1. The molecular formula is C22H19FN2O4S. The van der Waals surface area contributed by atoms with Crippen LogP contribution in [0.3, 0.4) is 0 Å². The van der Waals surface area contributed by atoms with Crippen LogP contribution >= 0.6 is 0 Å². The van der Waals surface area contributed by atoms with Crippen LogP contribution in [0.2, 0.25) is 0 Å². The second-order valence-corrected chi connectivity index (χ2v) is 8.71. The van der Waals surface area contributed by atoms with Gasteiger partial charge in [0.05, 0.1) is 23.7 Å². The van der Waals surface area contributed by atoms with E-state index in [0.29, 0.717) is 11.3 Å². The Bertz CT molecular complexity index is 1170. The Balaban J connectivity index is 1.62. The molecule has 0 aromatic heterocycles. The van der Waals surface area contributed by atoms with Crippen LogP contribution in [0, 0.1) is 5.82 Å². The molecule has 1 N–H and O–H groups in total. The van der Waals surface area contributed by atoms with E-state index >= 15 is 0 Å². The minimum absolute atomic E-state index is 0.00338. The average Bonchev–Trinajstić information content (AvgIpc) is 2.75. The van der Waals surface area contributed by atoms with Gasteiger partial charge in [0.25, 0.3) is 5.91 Å². The minimum atomic E-state index is -3.80. The molecule has 0 spiro atoms. The number of carbonyl (C=O) groups is 1. The number of benzene rings is 3. The lowest BCUT2D eigenvalue weighted by Crippen LogP contribution is -2.49. The van der Waals surface area contributed by atoms with Gasteiger partial charge in [0.2, 0.25) is 10.0 Å². The van der Waals surface area contributed by atoms with Gasteiger partial charge in [-0.3, -0.25) is 9.10 Å². The molecule has 0 bridgehead atoms. The van der Waals surface area contributed by atoms with Crippen molar-refractivity contribution < 1.29 is 22.3 Å². The maximum absolute atomic E-state index is 13.9. The summed E-state index contributed by atoms with van der Waals surface area (Å²) in [7, 11) is -3.80. The summed E-state index contributed by atoms with van der Waals surface area (Å²) in [6.45, 7) is -0.216. The highest BCUT2D eigenvalue weighted by atomic mass is 32.2. The second-order valence-electron chi connectivity index (χ2n) is 6.82. The predicted octanol–water partition coefficient (Wildman–Crippen LogP) is 3.56. The third-order valence-corrected chi connectivity index (χ3v) is 6.40. The summed E-state index contributed by atoms with van der Waals surface area (Å²) in [4.78, 5) is 12.7. The molecule has 0 aliphatic carbocycles. The fourth-order valence-electron chi connectivity index (χ4n) is 3.24. The molecule has 4 rings (SSSR count). The quantitative estimate of drug-likeness (QED) is 0.677. The zero-order valence-electron chi connectivity index (χ0n) is 15.9. The van der Waals surface area contributed by atoms with Crippen molar-refractivity contribution in [3.05, 3.63) is 90.2 Å². The van der Waals surface area contributed by atoms with Gasteiger partial charge in [-0.15, -0.1) is 0 Å². The van der Waals surface area contributed by atoms with Gasteiger partial charge < -0.3 is 10.1 Å². The number of amides is 1. The van der Waals surface area contributed by atoms with Gasteiger partial charge in [-0.2, -0.15) is 0 Å². The summed E-state index contributed by atoms with van der Waals surface area (Å²) < 4.78 is 47.2. The Morgan fingerprint density at radius 2 is 1.67 bits per heavy atom. The Kier molecular flexibility index (Phi) is 5.41. The van der Waals surface area contributed by atoms with Crippen molar-refractivity contribution >= 4 is 27.3 Å². The first-order valence-corrected chi connectivity index (χ1v) is 10.9. The predicted molar refractivity (Wildman–Crippen MR) is 112 cm³/mol. The number of fused-ring (bicyclic) bond motifs is 1. The number of para-hydroxylation sites is 3. The number of hydrogen-bond acceptors (Lipinski definition) is 4. The van der Waals surface area contributed by atoms with E-state index in [1.165, 1.54) is 22.5 Å². The summed E-state index contributed by atoms with van der Waals surface area (Å²) in [5.41, 5.74) is 1.00. The fraction of sp³-hybridized carbons (Fsp3) is 0.136. The second kappa shape index (κ2) is 8.16. The van der Waals surface area contributed by atoms with E-state index in [1.807, 2.05) is 6.07 Å². The lowest BCUT2D eigenvalue weighted by Gasteiger charge is -2.34. The zero-order valence-corrected chi connectivity index (χ0v) is 16.7. The van der Waals surface area contributed by atoms with Crippen molar-refractivity contribution in [2.24, 2.45) is 0 Å². The Hall–Kier alpha value is -3.39. The lowest BCUT2D eigenvalue weighted by atomic mass is 10.2. The number of nitrogens with zero attached hydrogens (tertiary/aromatic N) is 1. The standard InChI is InChI=1S/C22H19FN2O4S/c23-17-10-4-5-11-18(17)24-22(26)21-14-25(19-12-6-7-13-20(19)29-21)30(27,28)15-16-8-2-1-3-9-16/h1-13,21H,14-15H2,(H,24,26). The SMILES string of the molecule is O=C(Nc1ccccc1F)C1CN(S(=O)(=O)Cc2ccccc2)c2ccccc2O1. The summed E-state index contributed by atoms with van der Waals surface area (Å²) in [5.74, 6) is -1.16. The first-order chi connectivity index (χ1) is 14.4. The van der Waals surface area contributed by atoms with Crippen molar-refractivity contribution in [1.82, 2.24) is 0 Å². The summed E-state index contributed by atoms with van der Waals surface area (Å²) in [5, 5.41) is 2.47. The molecule has 0 fully saturated rings. The monoisotopic (exact) mass is 426 g/mol. The molecule has 0 saturated heterocycles. The normalized spacial score (nSPS) is 15.8. The molecule has 1 amide bonds. The smallest absolute Gasteiger partial charge is 0.267 e. The van der Waals surface area contributed by atoms with Crippen LogP contribution in [0.15, 0.2) is 78.9 Å². The number of rotatable bonds is 5. The summed E-state index contributed by atoms with van der Waals surface area (Å²) >= 11 is 0. The maximum atomic E-state index is 13.9. The maximum Gasteiger partial charge on any atom is 0.267 e. The highest BCUT2D eigenvalue weighted by Crippen LogP contribution is 2.36. The van der Waals surface area contributed by atoms with Gasteiger partial charge in [0.1, 0.15) is 11.6 Å². The first-order valence-electron chi connectivity index (χ1n) is 9.29. The van der Waals surface area contributed by atoms with Crippen LogP contribution in [0.4, 0.5) is 15.8 Å². The average molecular weight is 426 g/mol. The van der Waals surface area contributed by atoms with E-state index < -0.39 is 27.9 Å². The third-order valence-electron chi connectivity index (χ3n) is 4.69. The van der Waals surface area contributed by atoms with Gasteiger partial charge in [-0.05, 0) is 29.8 Å². The van der Waals surface area contributed by atoms with Crippen molar-refractivity contribution in [2.45, 2.75) is 11.9 Å². The van der Waals surface area contributed by atoms with E-state index in [2.05, 4.69) is 5.32 Å². The molecule has 0 saturated carbocycles. The van der Waals surface area contributed by atoms with Gasteiger partial charge in [-0.25, -0.2) is 12.8 Å². The van der Waals surface area contributed by atoms with Crippen molar-refractivity contribution in [1.29, 1.82) is 0 Å². The molecule has 0 radical (unpaired) electrons. The summed E-state index contributed by atoms with van der Waals surface area (Å²) in [6.07, 6.45) is -1.13. The minimum Gasteiger partial charge on any atom is -0.476 e. The number of hydrogen-bond donors (Lipinski definition) is 1. The molecule has 1 aliphatic heterocycles. The Morgan fingerprint density at radius 3 is 2.43 bits per heavy atom. The van der Waals surface area contributed by atoms with Crippen LogP contribution in [0.5, 0.6) is 5.75 Å². The van der Waals surface area contributed by atoms with Crippen LogP contribution in [0.1, 0.15) is 5.56 Å².